The van der Waals surface area contributed by atoms with Crippen LogP contribution >= 0.6 is 11.3 Å². The van der Waals surface area contributed by atoms with Crippen LogP contribution in [0.3, 0.4) is 0 Å². The van der Waals surface area contributed by atoms with Crippen LogP contribution in [0.4, 0.5) is 25.3 Å². The molecule has 0 radical (unpaired) electrons. The van der Waals surface area contributed by atoms with Gasteiger partial charge in [0.2, 0.25) is 0 Å². The third-order valence-electron chi connectivity index (χ3n) is 4.18. The summed E-state index contributed by atoms with van der Waals surface area (Å²) in [5.41, 5.74) is 1.73. The number of nitrogens with one attached hydrogen (secondary N) is 2. The van der Waals surface area contributed by atoms with Crippen molar-refractivity contribution in [2.24, 2.45) is 0 Å². The van der Waals surface area contributed by atoms with Crippen LogP contribution < -0.4 is 15.4 Å². The van der Waals surface area contributed by atoms with Crippen LogP contribution in [0.2, 0.25) is 0 Å². The first-order chi connectivity index (χ1) is 15.4. The molecule has 0 atom stereocenters. The highest BCUT2D eigenvalue weighted by atomic mass is 32.1. The fraction of sp³-hybridized carbons (Fsp3) is 0.227. The van der Waals surface area contributed by atoms with Crippen LogP contribution in [0.25, 0.3) is 0 Å². The number of anilines is 3. The number of hydrogen-bond acceptors (Lipinski definition) is 7. The summed E-state index contributed by atoms with van der Waals surface area (Å²) in [4.78, 5) is 28.6. The Morgan fingerprint density at radius 3 is 2.41 bits per heavy atom. The maximum absolute atomic E-state index is 12.4. The van der Waals surface area contributed by atoms with Crippen molar-refractivity contribution < 1.29 is 27.8 Å². The summed E-state index contributed by atoms with van der Waals surface area (Å²) in [7, 11) is 0. The van der Waals surface area contributed by atoms with Crippen molar-refractivity contribution in [3.8, 4) is 5.75 Å². The predicted octanol–water partition coefficient (Wildman–Crippen LogP) is 5.70. The molecule has 1 amide bonds. The van der Waals surface area contributed by atoms with Gasteiger partial charge in [0.05, 0.1) is 12.2 Å². The van der Waals surface area contributed by atoms with Crippen LogP contribution in [0.15, 0.2) is 53.9 Å². The van der Waals surface area contributed by atoms with Gasteiger partial charge < -0.3 is 20.1 Å². The molecule has 0 aliphatic rings. The monoisotopic (exact) mass is 461 g/mol. The molecule has 0 aliphatic heterocycles. The lowest BCUT2D eigenvalue weighted by atomic mass is 10.2. The second-order valence-electron chi connectivity index (χ2n) is 6.59. The van der Waals surface area contributed by atoms with Crippen molar-refractivity contribution in [2.45, 2.75) is 26.4 Å². The molecule has 0 saturated carbocycles. The number of carbonyl (C=O) groups excluding carboxylic acids is 2. The fourth-order valence-electron chi connectivity index (χ4n) is 2.56. The summed E-state index contributed by atoms with van der Waals surface area (Å²) in [6.07, 6.45) is 1.75. The second-order valence-corrected chi connectivity index (χ2v) is 7.44. The zero-order valence-electron chi connectivity index (χ0n) is 17.1. The molecule has 0 spiro atoms. The molecular formula is C22H21F2N3O4S. The maximum Gasteiger partial charge on any atom is 0.387 e. The van der Waals surface area contributed by atoms with Gasteiger partial charge in [0, 0.05) is 16.8 Å². The molecule has 0 fully saturated rings. The molecule has 168 valence electrons. The van der Waals surface area contributed by atoms with Crippen LogP contribution in [0.5, 0.6) is 5.75 Å². The summed E-state index contributed by atoms with van der Waals surface area (Å²) < 4.78 is 33.9. The third-order valence-corrected chi connectivity index (χ3v) is 4.93. The SMILES string of the molecule is CCCCOC(=O)c1ccc(NC(=O)c2csc(Nc3ccc(OC(F)F)cc3)n2)cc1. The topological polar surface area (TPSA) is 89.5 Å². The lowest BCUT2D eigenvalue weighted by molar-refractivity contribution is -0.0498. The summed E-state index contributed by atoms with van der Waals surface area (Å²) in [6, 6.07) is 12.3. The Balaban J connectivity index is 1.54. The summed E-state index contributed by atoms with van der Waals surface area (Å²) in [5.74, 6) is -0.765. The Bertz CT molecular complexity index is 1040. The first-order valence-corrected chi connectivity index (χ1v) is 10.7. The summed E-state index contributed by atoms with van der Waals surface area (Å²) in [5, 5.41) is 7.76. The van der Waals surface area contributed by atoms with Gasteiger partial charge in [-0.2, -0.15) is 8.78 Å². The summed E-state index contributed by atoms with van der Waals surface area (Å²) >= 11 is 1.22. The molecule has 0 bridgehead atoms. The lowest BCUT2D eigenvalue weighted by Crippen LogP contribution is -2.13. The van der Waals surface area contributed by atoms with Crippen LogP contribution in [-0.2, 0) is 4.74 Å². The standard InChI is InChI=1S/C22H21F2N3O4S/c1-2-3-12-30-20(29)14-4-6-15(7-5-14)25-19(28)18-13-32-22(27-18)26-16-8-10-17(11-9-16)31-21(23)24/h4-11,13,21H,2-3,12H2,1H3,(H,25,28)(H,26,27). The number of amides is 1. The molecule has 3 rings (SSSR count). The van der Waals surface area contributed by atoms with Crippen molar-refractivity contribution in [2.75, 3.05) is 17.2 Å². The van der Waals surface area contributed by atoms with E-state index in [1.54, 1.807) is 41.8 Å². The highest BCUT2D eigenvalue weighted by Gasteiger charge is 2.13. The molecule has 1 aromatic heterocycles. The zero-order chi connectivity index (χ0) is 22.9. The van der Waals surface area contributed by atoms with Gasteiger partial charge in [-0.3, -0.25) is 4.79 Å². The molecule has 0 aliphatic carbocycles. The van der Waals surface area contributed by atoms with Crippen molar-refractivity contribution in [1.82, 2.24) is 4.98 Å². The van der Waals surface area contributed by atoms with E-state index in [2.05, 4.69) is 20.4 Å². The number of aromatic nitrogens is 1. The smallest absolute Gasteiger partial charge is 0.387 e. The minimum absolute atomic E-state index is 0.0463. The number of halogens is 2. The summed E-state index contributed by atoms with van der Waals surface area (Å²) in [6.45, 7) is -0.496. The van der Waals surface area contributed by atoms with E-state index in [-0.39, 0.29) is 11.4 Å². The van der Waals surface area contributed by atoms with Gasteiger partial charge in [0.1, 0.15) is 11.4 Å². The molecule has 3 aromatic rings. The van der Waals surface area contributed by atoms with E-state index in [1.807, 2.05) is 6.92 Å². The number of thiazole rings is 1. The Hall–Kier alpha value is -3.53. The molecular weight excluding hydrogens is 440 g/mol. The van der Waals surface area contributed by atoms with Gasteiger partial charge in [0.15, 0.2) is 5.13 Å². The van der Waals surface area contributed by atoms with Gasteiger partial charge >= 0.3 is 12.6 Å². The average Bonchev–Trinajstić information content (AvgIpc) is 3.24. The molecule has 0 saturated heterocycles. The average molecular weight is 461 g/mol. The Kier molecular flexibility index (Phi) is 8.09. The van der Waals surface area contributed by atoms with Crippen molar-refractivity contribution in [3.63, 3.8) is 0 Å². The minimum Gasteiger partial charge on any atom is -0.462 e. The molecule has 2 N–H and O–H groups in total. The van der Waals surface area contributed by atoms with Gasteiger partial charge in [-0.15, -0.1) is 11.3 Å². The molecule has 1 heterocycles. The number of ether oxygens (including phenoxy) is 2. The van der Waals surface area contributed by atoms with E-state index in [9.17, 15) is 18.4 Å². The number of hydrogen-bond donors (Lipinski definition) is 2. The third kappa shape index (κ3) is 6.74. The molecule has 0 unspecified atom stereocenters. The minimum atomic E-state index is -2.88. The quantitative estimate of drug-likeness (QED) is 0.298. The van der Waals surface area contributed by atoms with E-state index >= 15 is 0 Å². The molecule has 10 heteroatoms. The highest BCUT2D eigenvalue weighted by molar-refractivity contribution is 7.14. The van der Waals surface area contributed by atoms with E-state index in [0.717, 1.165) is 12.8 Å². The Labute approximate surface area is 187 Å². The van der Waals surface area contributed by atoms with E-state index in [1.165, 1.54) is 23.5 Å². The largest absolute Gasteiger partial charge is 0.462 e. The maximum atomic E-state index is 12.4. The lowest BCUT2D eigenvalue weighted by Gasteiger charge is -2.07. The molecule has 7 nitrogen and oxygen atoms in total. The number of unbranched alkanes of at least 4 members (excludes halogenated alkanes) is 1. The molecule has 2 aromatic carbocycles. The zero-order valence-corrected chi connectivity index (χ0v) is 18.0. The van der Waals surface area contributed by atoms with Gasteiger partial charge in [-0.25, -0.2) is 9.78 Å². The van der Waals surface area contributed by atoms with Crippen molar-refractivity contribution >= 4 is 39.7 Å². The normalized spacial score (nSPS) is 10.6. The number of carbonyl (C=O) groups is 2. The number of alkyl halides is 2. The van der Waals surface area contributed by atoms with Gasteiger partial charge in [-0.05, 0) is 55.0 Å². The van der Waals surface area contributed by atoms with E-state index < -0.39 is 18.5 Å². The predicted molar refractivity (Wildman–Crippen MR) is 118 cm³/mol. The fourth-order valence-corrected chi connectivity index (χ4v) is 3.27. The second kappa shape index (κ2) is 11.2. The van der Waals surface area contributed by atoms with Crippen LogP contribution in [-0.4, -0.2) is 30.1 Å². The number of nitrogens with zero attached hydrogens (tertiary/aromatic N) is 1. The van der Waals surface area contributed by atoms with E-state index in [4.69, 9.17) is 4.74 Å². The van der Waals surface area contributed by atoms with Gasteiger partial charge in [-0.1, -0.05) is 13.3 Å². The van der Waals surface area contributed by atoms with E-state index in [0.29, 0.717) is 28.7 Å². The Morgan fingerprint density at radius 2 is 1.75 bits per heavy atom. The Morgan fingerprint density at radius 1 is 1.06 bits per heavy atom. The highest BCUT2D eigenvalue weighted by Crippen LogP contribution is 2.24. The number of benzene rings is 2. The first kappa shape index (κ1) is 23.1. The van der Waals surface area contributed by atoms with Crippen LogP contribution in [0.1, 0.15) is 40.6 Å². The number of rotatable bonds is 10. The van der Waals surface area contributed by atoms with Crippen molar-refractivity contribution in [1.29, 1.82) is 0 Å². The van der Waals surface area contributed by atoms with Gasteiger partial charge in [0.25, 0.3) is 5.91 Å². The van der Waals surface area contributed by atoms with Crippen molar-refractivity contribution in [3.05, 3.63) is 65.2 Å². The first-order valence-electron chi connectivity index (χ1n) is 9.80. The van der Waals surface area contributed by atoms with Crippen LogP contribution in [0, 0.1) is 0 Å². The molecule has 32 heavy (non-hydrogen) atoms. The number of esters is 1.